The Kier molecular flexibility index (Phi) is 5.24. The fraction of sp³-hybridized carbons (Fsp3) is 0.200. The third-order valence-electron chi connectivity index (χ3n) is 3.80. The van der Waals surface area contributed by atoms with Crippen LogP contribution in [0.2, 0.25) is 0 Å². The number of rotatable bonds is 5. The lowest BCUT2D eigenvalue weighted by Crippen LogP contribution is -2.27. The maximum absolute atomic E-state index is 12.7. The minimum atomic E-state index is -0.261. The fourth-order valence-corrected chi connectivity index (χ4v) is 3.49. The largest absolute Gasteiger partial charge is 0.493 e. The lowest BCUT2D eigenvalue weighted by Gasteiger charge is -2.12. The third-order valence-corrected chi connectivity index (χ3v) is 4.71. The van der Waals surface area contributed by atoms with Crippen molar-refractivity contribution in [2.24, 2.45) is 0 Å². The summed E-state index contributed by atoms with van der Waals surface area (Å²) < 4.78 is 5.58. The first-order chi connectivity index (χ1) is 12.1. The summed E-state index contributed by atoms with van der Waals surface area (Å²) in [4.78, 5) is 26.6. The van der Waals surface area contributed by atoms with Gasteiger partial charge in [0.25, 0.3) is 11.1 Å². The smallest absolute Gasteiger partial charge is 0.293 e. The second-order valence-corrected chi connectivity index (χ2v) is 6.72. The molecule has 1 aliphatic heterocycles. The molecule has 5 heteroatoms. The number of imide groups is 1. The Bertz CT molecular complexity index is 844. The predicted molar refractivity (Wildman–Crippen MR) is 100 cm³/mol. The number of aryl methyl sites for hydroxylation is 1. The lowest BCUT2D eigenvalue weighted by molar-refractivity contribution is -0.123. The minimum absolute atomic E-state index is 0.244. The van der Waals surface area contributed by atoms with Gasteiger partial charge in [0.1, 0.15) is 5.75 Å². The van der Waals surface area contributed by atoms with Crippen LogP contribution in [0.4, 0.5) is 4.79 Å². The van der Waals surface area contributed by atoms with E-state index in [1.165, 1.54) is 4.90 Å². The van der Waals surface area contributed by atoms with Crippen molar-refractivity contribution in [2.45, 2.75) is 20.4 Å². The SMILES string of the molecule is CCOc1ccccc1/C=C1/SC(=O)N(Cc2cccc(C)c2)C1=O. The number of carbonyl (C=O) groups is 2. The molecule has 0 saturated carbocycles. The Morgan fingerprint density at radius 2 is 1.92 bits per heavy atom. The van der Waals surface area contributed by atoms with Gasteiger partial charge in [-0.05, 0) is 43.3 Å². The number of amides is 2. The van der Waals surface area contributed by atoms with Gasteiger partial charge in [0.05, 0.1) is 18.1 Å². The van der Waals surface area contributed by atoms with Crippen LogP contribution in [0.1, 0.15) is 23.6 Å². The van der Waals surface area contributed by atoms with Crippen molar-refractivity contribution in [1.29, 1.82) is 0 Å². The molecule has 0 N–H and O–H groups in total. The highest BCUT2D eigenvalue weighted by atomic mass is 32.2. The molecule has 3 rings (SSSR count). The van der Waals surface area contributed by atoms with E-state index in [0.29, 0.717) is 17.3 Å². The van der Waals surface area contributed by atoms with Crippen LogP contribution in [0, 0.1) is 6.92 Å². The van der Waals surface area contributed by atoms with Crippen molar-refractivity contribution in [3.63, 3.8) is 0 Å². The molecule has 0 unspecified atom stereocenters. The Labute approximate surface area is 151 Å². The Hall–Kier alpha value is -2.53. The predicted octanol–water partition coefficient (Wildman–Crippen LogP) is 4.63. The fourth-order valence-electron chi connectivity index (χ4n) is 2.66. The van der Waals surface area contributed by atoms with Crippen molar-refractivity contribution in [2.75, 3.05) is 6.61 Å². The van der Waals surface area contributed by atoms with E-state index >= 15 is 0 Å². The van der Waals surface area contributed by atoms with Crippen LogP contribution in [0.3, 0.4) is 0 Å². The van der Waals surface area contributed by atoms with Crippen LogP contribution >= 0.6 is 11.8 Å². The van der Waals surface area contributed by atoms with Gasteiger partial charge in [-0.2, -0.15) is 0 Å². The number of benzene rings is 2. The summed E-state index contributed by atoms with van der Waals surface area (Å²) in [5, 5.41) is -0.244. The van der Waals surface area contributed by atoms with Crippen molar-refractivity contribution in [3.8, 4) is 5.75 Å². The summed E-state index contributed by atoms with van der Waals surface area (Å²) in [6, 6.07) is 15.3. The summed E-state index contributed by atoms with van der Waals surface area (Å²) in [5.74, 6) is 0.443. The molecule has 4 nitrogen and oxygen atoms in total. The van der Waals surface area contributed by atoms with E-state index in [1.54, 1.807) is 6.08 Å². The summed E-state index contributed by atoms with van der Waals surface area (Å²) in [6.07, 6.45) is 1.73. The minimum Gasteiger partial charge on any atom is -0.493 e. The molecule has 2 aromatic rings. The van der Waals surface area contributed by atoms with Gasteiger partial charge in [0.2, 0.25) is 0 Å². The van der Waals surface area contributed by atoms with Crippen LogP contribution in [0.5, 0.6) is 5.75 Å². The first-order valence-corrected chi connectivity index (χ1v) is 8.93. The molecule has 2 aromatic carbocycles. The second kappa shape index (κ2) is 7.57. The number of para-hydroxylation sites is 1. The molecular formula is C20H19NO3S. The number of ether oxygens (including phenoxy) is 1. The van der Waals surface area contributed by atoms with Gasteiger partial charge < -0.3 is 4.74 Å². The molecule has 1 saturated heterocycles. The molecule has 2 amide bonds. The second-order valence-electron chi connectivity index (χ2n) is 5.73. The van der Waals surface area contributed by atoms with Crippen LogP contribution < -0.4 is 4.74 Å². The zero-order chi connectivity index (χ0) is 17.8. The lowest BCUT2D eigenvalue weighted by atomic mass is 10.1. The number of hydrogen-bond donors (Lipinski definition) is 0. The number of nitrogens with zero attached hydrogens (tertiary/aromatic N) is 1. The number of hydrogen-bond acceptors (Lipinski definition) is 4. The van der Waals surface area contributed by atoms with E-state index in [-0.39, 0.29) is 17.7 Å². The van der Waals surface area contributed by atoms with Gasteiger partial charge in [0, 0.05) is 5.56 Å². The molecule has 25 heavy (non-hydrogen) atoms. The van der Waals surface area contributed by atoms with Gasteiger partial charge in [-0.15, -0.1) is 0 Å². The third kappa shape index (κ3) is 3.94. The monoisotopic (exact) mass is 353 g/mol. The molecular weight excluding hydrogens is 334 g/mol. The molecule has 1 fully saturated rings. The normalized spacial score (nSPS) is 15.9. The topological polar surface area (TPSA) is 46.6 Å². The first kappa shape index (κ1) is 17.3. The van der Waals surface area contributed by atoms with Crippen molar-refractivity contribution in [1.82, 2.24) is 4.90 Å². The molecule has 0 aliphatic carbocycles. The Balaban J connectivity index is 1.84. The summed E-state index contributed by atoms with van der Waals surface area (Å²) >= 11 is 0.970. The highest BCUT2D eigenvalue weighted by Crippen LogP contribution is 2.34. The van der Waals surface area contributed by atoms with E-state index in [2.05, 4.69) is 0 Å². The molecule has 128 valence electrons. The zero-order valence-electron chi connectivity index (χ0n) is 14.2. The molecule has 0 spiro atoms. The van der Waals surface area contributed by atoms with Gasteiger partial charge in [-0.1, -0.05) is 48.0 Å². The van der Waals surface area contributed by atoms with E-state index in [4.69, 9.17) is 4.74 Å². The van der Waals surface area contributed by atoms with Crippen LogP contribution in [-0.2, 0) is 11.3 Å². The molecule has 0 radical (unpaired) electrons. The molecule has 0 bridgehead atoms. The van der Waals surface area contributed by atoms with Crippen molar-refractivity contribution >= 4 is 29.0 Å². The van der Waals surface area contributed by atoms with Crippen LogP contribution in [0.15, 0.2) is 53.4 Å². The quantitative estimate of drug-likeness (QED) is 0.735. The maximum Gasteiger partial charge on any atom is 0.293 e. The van der Waals surface area contributed by atoms with Gasteiger partial charge in [-0.3, -0.25) is 14.5 Å². The Morgan fingerprint density at radius 1 is 1.12 bits per heavy atom. The number of thioether (sulfide) groups is 1. The summed E-state index contributed by atoms with van der Waals surface area (Å²) in [7, 11) is 0. The zero-order valence-corrected chi connectivity index (χ0v) is 15.0. The van der Waals surface area contributed by atoms with Gasteiger partial charge >= 0.3 is 0 Å². The van der Waals surface area contributed by atoms with Crippen LogP contribution in [-0.4, -0.2) is 22.7 Å². The van der Waals surface area contributed by atoms with E-state index in [0.717, 1.165) is 28.5 Å². The average Bonchev–Trinajstić information content (AvgIpc) is 2.84. The van der Waals surface area contributed by atoms with Crippen molar-refractivity contribution < 1.29 is 14.3 Å². The summed E-state index contributed by atoms with van der Waals surface area (Å²) in [6.45, 7) is 4.73. The highest BCUT2D eigenvalue weighted by molar-refractivity contribution is 8.18. The van der Waals surface area contributed by atoms with Crippen molar-refractivity contribution in [3.05, 3.63) is 70.1 Å². The molecule has 0 atom stereocenters. The van der Waals surface area contributed by atoms with E-state index in [9.17, 15) is 9.59 Å². The average molecular weight is 353 g/mol. The molecule has 0 aromatic heterocycles. The van der Waals surface area contributed by atoms with Gasteiger partial charge in [-0.25, -0.2) is 0 Å². The standard InChI is InChI=1S/C20H19NO3S/c1-3-24-17-10-5-4-9-16(17)12-18-19(22)21(20(23)25-18)13-15-8-6-7-14(2)11-15/h4-12H,3,13H2,1-2H3/b18-12+. The highest BCUT2D eigenvalue weighted by Gasteiger charge is 2.35. The first-order valence-electron chi connectivity index (χ1n) is 8.11. The Morgan fingerprint density at radius 3 is 2.68 bits per heavy atom. The van der Waals surface area contributed by atoms with Crippen LogP contribution in [0.25, 0.3) is 6.08 Å². The molecule has 1 aliphatic rings. The maximum atomic E-state index is 12.7. The van der Waals surface area contributed by atoms with E-state index < -0.39 is 0 Å². The number of carbonyl (C=O) groups excluding carboxylic acids is 2. The molecule has 1 heterocycles. The summed E-state index contributed by atoms with van der Waals surface area (Å²) in [5.41, 5.74) is 2.84. The van der Waals surface area contributed by atoms with Gasteiger partial charge in [0.15, 0.2) is 0 Å². The van der Waals surface area contributed by atoms with E-state index in [1.807, 2.05) is 62.4 Å².